The van der Waals surface area contributed by atoms with Crippen LogP contribution in [0.5, 0.6) is 0 Å². The van der Waals surface area contributed by atoms with Gasteiger partial charge in [0, 0.05) is 70.4 Å². The van der Waals surface area contributed by atoms with Gasteiger partial charge in [0.05, 0.1) is 0 Å². The van der Waals surface area contributed by atoms with Gasteiger partial charge in [0.25, 0.3) is 0 Å². The van der Waals surface area contributed by atoms with Crippen molar-refractivity contribution < 1.29 is 0 Å². The van der Waals surface area contributed by atoms with Gasteiger partial charge in [0.1, 0.15) is 0 Å². The van der Waals surface area contributed by atoms with E-state index in [2.05, 4.69) is 68.6 Å². The quantitative estimate of drug-likeness (QED) is 0.357. The van der Waals surface area contributed by atoms with Crippen LogP contribution in [0.15, 0.2) is 47.7 Å². The highest BCUT2D eigenvalue weighted by Gasteiger charge is 2.16. The van der Waals surface area contributed by atoms with Crippen LogP contribution in [0.3, 0.4) is 0 Å². The molecule has 1 aromatic heterocycles. The number of guanidine groups is 1. The Morgan fingerprint density at radius 1 is 1.07 bits per heavy atom. The van der Waals surface area contributed by atoms with E-state index in [9.17, 15) is 0 Å². The van der Waals surface area contributed by atoms with Crippen LogP contribution < -0.4 is 15.5 Å². The summed E-state index contributed by atoms with van der Waals surface area (Å²) in [4.78, 5) is 9.75. The molecule has 1 aliphatic heterocycles. The van der Waals surface area contributed by atoms with Crippen LogP contribution in [0.25, 0.3) is 0 Å². The van der Waals surface area contributed by atoms with Crippen molar-refractivity contribution >= 4 is 11.6 Å². The summed E-state index contributed by atoms with van der Waals surface area (Å²) in [5, 5.41) is 11.0. The molecule has 0 radical (unpaired) electrons. The third-order valence-corrected chi connectivity index (χ3v) is 5.40. The van der Waals surface area contributed by atoms with E-state index >= 15 is 0 Å². The second-order valence-corrected chi connectivity index (χ2v) is 7.83. The Morgan fingerprint density at radius 2 is 1.93 bits per heavy atom. The number of aromatic nitrogens is 2. The molecule has 0 aliphatic carbocycles. The number of nitrogens with one attached hydrogen (secondary N) is 2. The van der Waals surface area contributed by atoms with E-state index < -0.39 is 0 Å². The highest BCUT2D eigenvalue weighted by molar-refractivity contribution is 5.79. The second-order valence-electron chi connectivity index (χ2n) is 7.83. The molecule has 0 amide bonds. The molecule has 1 fully saturated rings. The molecule has 1 aromatic carbocycles. The summed E-state index contributed by atoms with van der Waals surface area (Å²) in [5.74, 6) is 0.919. The summed E-state index contributed by atoms with van der Waals surface area (Å²) in [5.41, 5.74) is 2.69. The molecular formula is C23H37N7. The van der Waals surface area contributed by atoms with Crippen molar-refractivity contribution in [1.29, 1.82) is 0 Å². The minimum absolute atomic E-state index is 0.802. The van der Waals surface area contributed by atoms with Crippen molar-refractivity contribution in [1.82, 2.24) is 25.3 Å². The molecule has 2 heterocycles. The van der Waals surface area contributed by atoms with E-state index in [0.29, 0.717) is 0 Å². The molecule has 0 bridgehead atoms. The average molecular weight is 412 g/mol. The number of benzene rings is 1. The molecular weight excluding hydrogens is 374 g/mol. The van der Waals surface area contributed by atoms with Gasteiger partial charge in [0.15, 0.2) is 5.96 Å². The van der Waals surface area contributed by atoms with Gasteiger partial charge in [-0.15, -0.1) is 0 Å². The maximum absolute atomic E-state index is 4.68. The van der Waals surface area contributed by atoms with Gasteiger partial charge in [-0.05, 0) is 57.0 Å². The van der Waals surface area contributed by atoms with Gasteiger partial charge in [-0.2, -0.15) is 5.10 Å². The van der Waals surface area contributed by atoms with Crippen molar-refractivity contribution in [2.45, 2.75) is 33.2 Å². The largest absolute Gasteiger partial charge is 0.369 e. The third kappa shape index (κ3) is 7.37. The Hall–Kier alpha value is -2.54. The fraction of sp³-hybridized carbons (Fsp3) is 0.565. The van der Waals surface area contributed by atoms with E-state index in [1.807, 2.05) is 23.1 Å². The zero-order valence-corrected chi connectivity index (χ0v) is 18.6. The van der Waals surface area contributed by atoms with Crippen molar-refractivity contribution in [3.63, 3.8) is 0 Å². The fourth-order valence-corrected chi connectivity index (χ4v) is 3.76. The number of hydrogen-bond donors (Lipinski definition) is 2. The Morgan fingerprint density at radius 3 is 2.67 bits per heavy atom. The highest BCUT2D eigenvalue weighted by Crippen LogP contribution is 2.17. The van der Waals surface area contributed by atoms with Crippen LogP contribution in [0, 0.1) is 6.92 Å². The van der Waals surface area contributed by atoms with Crippen LogP contribution in [0.1, 0.15) is 25.3 Å². The van der Waals surface area contributed by atoms with Crippen molar-refractivity contribution in [3.8, 4) is 0 Å². The molecule has 0 atom stereocenters. The van der Waals surface area contributed by atoms with E-state index in [1.54, 1.807) is 0 Å². The molecule has 0 spiro atoms. The molecule has 1 aliphatic rings. The van der Waals surface area contributed by atoms with Gasteiger partial charge < -0.3 is 15.5 Å². The lowest BCUT2D eigenvalue weighted by Gasteiger charge is -2.36. The SMILES string of the molecule is CCNC(=NCCCn1cccn1)NCCCN1CCN(c2cccc(C)c2)CC1. The Bertz CT molecular complexity index is 749. The van der Waals surface area contributed by atoms with E-state index in [1.165, 1.54) is 11.3 Å². The first-order valence-corrected chi connectivity index (χ1v) is 11.3. The molecule has 30 heavy (non-hydrogen) atoms. The Labute approximate surface area is 181 Å². The average Bonchev–Trinajstić information content (AvgIpc) is 3.28. The van der Waals surface area contributed by atoms with E-state index in [4.69, 9.17) is 0 Å². The van der Waals surface area contributed by atoms with Crippen LogP contribution in [0.2, 0.25) is 0 Å². The van der Waals surface area contributed by atoms with Crippen molar-refractivity contribution in [2.24, 2.45) is 4.99 Å². The minimum Gasteiger partial charge on any atom is -0.369 e. The monoisotopic (exact) mass is 411 g/mol. The normalized spacial score (nSPS) is 15.4. The summed E-state index contributed by atoms with van der Waals surface area (Å²) in [6.45, 7) is 13.4. The predicted molar refractivity (Wildman–Crippen MR) is 125 cm³/mol. The lowest BCUT2D eigenvalue weighted by molar-refractivity contribution is 0.255. The van der Waals surface area contributed by atoms with E-state index in [0.717, 1.165) is 77.7 Å². The molecule has 7 heteroatoms. The number of rotatable bonds is 10. The maximum Gasteiger partial charge on any atom is 0.191 e. The van der Waals surface area contributed by atoms with Crippen LogP contribution in [-0.4, -0.2) is 73.0 Å². The molecule has 2 aromatic rings. The van der Waals surface area contributed by atoms with Crippen LogP contribution in [0.4, 0.5) is 5.69 Å². The zero-order valence-electron chi connectivity index (χ0n) is 18.6. The first kappa shape index (κ1) is 22.2. The summed E-state index contributed by atoms with van der Waals surface area (Å²) in [6, 6.07) is 10.8. The molecule has 2 N–H and O–H groups in total. The standard InChI is InChI=1S/C23H37N7/c1-3-24-23(26-11-6-14-30-15-7-12-27-30)25-10-5-13-28-16-18-29(19-17-28)22-9-4-8-21(2)20-22/h4,7-9,12,15,20H,3,5-6,10-11,13-14,16-19H2,1-2H3,(H2,24,25,26). The summed E-state index contributed by atoms with van der Waals surface area (Å²) in [7, 11) is 0. The number of aliphatic imine (C=N–C) groups is 1. The van der Waals surface area contributed by atoms with Gasteiger partial charge in [-0.1, -0.05) is 12.1 Å². The van der Waals surface area contributed by atoms with Crippen LogP contribution >= 0.6 is 0 Å². The topological polar surface area (TPSA) is 60.7 Å². The second kappa shape index (κ2) is 12.2. The summed E-state index contributed by atoms with van der Waals surface area (Å²) >= 11 is 0. The molecule has 0 unspecified atom stereocenters. The fourth-order valence-electron chi connectivity index (χ4n) is 3.76. The lowest BCUT2D eigenvalue weighted by atomic mass is 10.2. The number of nitrogens with zero attached hydrogens (tertiary/aromatic N) is 5. The van der Waals surface area contributed by atoms with Crippen LogP contribution in [-0.2, 0) is 6.54 Å². The van der Waals surface area contributed by atoms with Gasteiger partial charge in [0.2, 0.25) is 0 Å². The van der Waals surface area contributed by atoms with Gasteiger partial charge in [-0.3, -0.25) is 14.6 Å². The molecule has 164 valence electrons. The highest BCUT2D eigenvalue weighted by atomic mass is 15.3. The van der Waals surface area contributed by atoms with Crippen molar-refractivity contribution in [3.05, 3.63) is 48.3 Å². The molecule has 7 nitrogen and oxygen atoms in total. The molecule has 3 rings (SSSR count). The number of hydrogen-bond acceptors (Lipinski definition) is 4. The maximum atomic E-state index is 4.68. The molecule has 1 saturated heterocycles. The summed E-state index contributed by atoms with van der Waals surface area (Å²) < 4.78 is 1.95. The lowest BCUT2D eigenvalue weighted by Crippen LogP contribution is -2.47. The Balaban J connectivity index is 1.30. The zero-order chi connectivity index (χ0) is 21.0. The van der Waals surface area contributed by atoms with Gasteiger partial charge in [-0.25, -0.2) is 0 Å². The predicted octanol–water partition coefficient (Wildman–Crippen LogP) is 2.35. The first-order chi connectivity index (χ1) is 14.7. The number of aryl methyl sites for hydroxylation is 2. The molecule has 0 saturated carbocycles. The number of anilines is 1. The Kier molecular flexibility index (Phi) is 9.03. The van der Waals surface area contributed by atoms with Crippen molar-refractivity contribution in [2.75, 3.05) is 57.3 Å². The summed E-state index contributed by atoms with van der Waals surface area (Å²) in [6.07, 6.45) is 5.93. The smallest absolute Gasteiger partial charge is 0.191 e. The first-order valence-electron chi connectivity index (χ1n) is 11.3. The third-order valence-electron chi connectivity index (χ3n) is 5.40. The number of piperazine rings is 1. The van der Waals surface area contributed by atoms with E-state index in [-0.39, 0.29) is 0 Å². The minimum atomic E-state index is 0.802. The van der Waals surface area contributed by atoms with Gasteiger partial charge >= 0.3 is 0 Å².